The van der Waals surface area contributed by atoms with Crippen LogP contribution in [0, 0.1) is 11.3 Å². The summed E-state index contributed by atoms with van der Waals surface area (Å²) in [5.41, 5.74) is 2.57. The van der Waals surface area contributed by atoms with Crippen LogP contribution in [0.2, 0.25) is 0 Å². The number of aromatic nitrogens is 5. The smallest absolute Gasteiger partial charge is 0.167 e. The monoisotopic (exact) mass is 442 g/mol. The maximum atomic E-state index is 10.6. The summed E-state index contributed by atoms with van der Waals surface area (Å²) in [6.45, 7) is 0. The molecule has 2 aromatic carbocycles. The molecule has 0 spiro atoms. The molecule has 0 atom stereocenters. The van der Waals surface area contributed by atoms with Gasteiger partial charge in [-0.15, -0.1) is 11.3 Å². The van der Waals surface area contributed by atoms with Crippen molar-refractivity contribution in [1.82, 2.24) is 24.7 Å². The molecular formula is C22H14N6OS2. The van der Waals surface area contributed by atoms with E-state index >= 15 is 0 Å². The van der Waals surface area contributed by atoms with Gasteiger partial charge in [-0.1, -0.05) is 42.1 Å². The minimum atomic E-state index is -0.0335. The highest BCUT2D eigenvalue weighted by molar-refractivity contribution is 7.99. The van der Waals surface area contributed by atoms with Gasteiger partial charge in [0.1, 0.15) is 33.8 Å². The number of nitrogens with zero attached hydrogens (tertiary/aromatic N) is 6. The number of thiazole rings is 1. The Labute approximate surface area is 185 Å². The number of aliphatic hydroxyl groups excluding tert-OH is 1. The van der Waals surface area contributed by atoms with E-state index in [0.717, 1.165) is 21.3 Å². The van der Waals surface area contributed by atoms with Crippen molar-refractivity contribution >= 4 is 49.9 Å². The van der Waals surface area contributed by atoms with E-state index in [1.165, 1.54) is 29.4 Å². The SMILES string of the molecule is N#C/C(=C(/O)CSc1ncnc2c1cnn2-c1ccccc1)c1nc2ccccc2s1. The quantitative estimate of drug-likeness (QED) is 0.177. The molecule has 0 saturated carbocycles. The average Bonchev–Trinajstić information content (AvgIpc) is 3.43. The van der Waals surface area contributed by atoms with Crippen LogP contribution < -0.4 is 0 Å². The normalized spacial score (nSPS) is 12.1. The fraction of sp³-hybridized carbons (Fsp3) is 0.0455. The molecule has 5 rings (SSSR count). The zero-order valence-corrected chi connectivity index (χ0v) is 17.6. The molecule has 5 aromatic rings. The van der Waals surface area contributed by atoms with Crippen LogP contribution >= 0.6 is 23.1 Å². The number of allylic oxidation sites excluding steroid dienone is 1. The number of para-hydroxylation sites is 2. The molecule has 0 aliphatic carbocycles. The minimum absolute atomic E-state index is 0.0335. The molecule has 3 aromatic heterocycles. The van der Waals surface area contributed by atoms with Crippen molar-refractivity contribution in [2.75, 3.05) is 5.75 Å². The van der Waals surface area contributed by atoms with Crippen molar-refractivity contribution in [3.05, 3.63) is 77.9 Å². The van der Waals surface area contributed by atoms with E-state index in [4.69, 9.17) is 0 Å². The van der Waals surface area contributed by atoms with E-state index in [1.807, 2.05) is 54.6 Å². The predicted molar refractivity (Wildman–Crippen MR) is 122 cm³/mol. The Hall–Kier alpha value is -3.74. The number of benzene rings is 2. The molecule has 0 aliphatic rings. The van der Waals surface area contributed by atoms with E-state index < -0.39 is 0 Å². The first-order chi connectivity index (χ1) is 15.2. The number of thioether (sulfide) groups is 1. The van der Waals surface area contributed by atoms with Gasteiger partial charge in [-0.2, -0.15) is 10.4 Å². The fourth-order valence-electron chi connectivity index (χ4n) is 3.12. The van der Waals surface area contributed by atoms with Gasteiger partial charge in [0, 0.05) is 0 Å². The van der Waals surface area contributed by atoms with Crippen LogP contribution in [0.15, 0.2) is 77.9 Å². The summed E-state index contributed by atoms with van der Waals surface area (Å²) >= 11 is 2.71. The summed E-state index contributed by atoms with van der Waals surface area (Å²) in [6.07, 6.45) is 3.19. The largest absolute Gasteiger partial charge is 0.510 e. The highest BCUT2D eigenvalue weighted by atomic mass is 32.2. The molecule has 9 heteroatoms. The Balaban J connectivity index is 1.45. The summed E-state index contributed by atoms with van der Waals surface area (Å²) in [5, 5.41) is 26.7. The zero-order chi connectivity index (χ0) is 21.2. The number of fused-ring (bicyclic) bond motifs is 2. The Bertz CT molecular complexity index is 1430. The first-order valence-electron chi connectivity index (χ1n) is 9.29. The van der Waals surface area contributed by atoms with Crippen molar-refractivity contribution in [2.45, 2.75) is 5.03 Å². The van der Waals surface area contributed by atoms with Crippen LogP contribution in [0.4, 0.5) is 0 Å². The number of aliphatic hydroxyl groups is 1. The number of rotatable bonds is 5. The molecule has 0 fully saturated rings. The molecule has 0 radical (unpaired) electrons. The lowest BCUT2D eigenvalue weighted by atomic mass is 10.2. The Morgan fingerprint density at radius 1 is 1.10 bits per heavy atom. The van der Waals surface area contributed by atoms with Crippen molar-refractivity contribution in [3.8, 4) is 11.8 Å². The molecule has 31 heavy (non-hydrogen) atoms. The van der Waals surface area contributed by atoms with Gasteiger partial charge in [0.25, 0.3) is 0 Å². The predicted octanol–water partition coefficient (Wildman–Crippen LogP) is 5.01. The lowest BCUT2D eigenvalue weighted by Crippen LogP contribution is -1.98. The van der Waals surface area contributed by atoms with Gasteiger partial charge in [0.2, 0.25) is 0 Å². The maximum Gasteiger partial charge on any atom is 0.167 e. The second kappa shape index (κ2) is 8.18. The second-order valence-corrected chi connectivity index (χ2v) is 8.51. The van der Waals surface area contributed by atoms with Crippen LogP contribution in [0.3, 0.4) is 0 Å². The van der Waals surface area contributed by atoms with E-state index in [9.17, 15) is 10.4 Å². The number of hydrogen-bond acceptors (Lipinski definition) is 8. The van der Waals surface area contributed by atoms with Crippen molar-refractivity contribution in [2.24, 2.45) is 0 Å². The molecule has 150 valence electrons. The standard InChI is InChI=1S/C22H14N6OS2/c23-10-15(22-27-17-8-4-5-9-19(17)31-22)18(29)12-30-21-16-11-26-28(20(16)24-13-25-21)14-6-2-1-3-7-14/h1-9,11,13,29H,12H2/b18-15-. The summed E-state index contributed by atoms with van der Waals surface area (Å²) in [5.74, 6) is 0.148. The van der Waals surface area contributed by atoms with Crippen molar-refractivity contribution in [1.29, 1.82) is 5.26 Å². The van der Waals surface area contributed by atoms with Gasteiger partial charge >= 0.3 is 0 Å². The molecule has 0 aliphatic heterocycles. The van der Waals surface area contributed by atoms with Gasteiger partial charge < -0.3 is 5.11 Å². The molecule has 1 N–H and O–H groups in total. The lowest BCUT2D eigenvalue weighted by Gasteiger charge is -2.05. The summed E-state index contributed by atoms with van der Waals surface area (Å²) in [7, 11) is 0. The molecule has 3 heterocycles. The van der Waals surface area contributed by atoms with Crippen LogP contribution in [-0.4, -0.2) is 35.6 Å². The van der Waals surface area contributed by atoms with E-state index in [2.05, 4.69) is 26.1 Å². The third-order valence-corrected chi connectivity index (χ3v) is 6.65. The Morgan fingerprint density at radius 2 is 1.90 bits per heavy atom. The average molecular weight is 443 g/mol. The third kappa shape index (κ3) is 3.63. The fourth-order valence-corrected chi connectivity index (χ4v) is 4.94. The van der Waals surface area contributed by atoms with Crippen LogP contribution in [0.5, 0.6) is 0 Å². The van der Waals surface area contributed by atoms with E-state index in [0.29, 0.717) is 15.7 Å². The van der Waals surface area contributed by atoms with E-state index in [1.54, 1.807) is 10.9 Å². The summed E-state index contributed by atoms with van der Waals surface area (Å²) < 4.78 is 2.72. The first kappa shape index (κ1) is 19.2. The highest BCUT2D eigenvalue weighted by Crippen LogP contribution is 2.31. The van der Waals surface area contributed by atoms with Crippen molar-refractivity contribution < 1.29 is 5.11 Å². The van der Waals surface area contributed by atoms with Gasteiger partial charge in [-0.05, 0) is 24.3 Å². The molecule has 0 saturated heterocycles. The number of nitriles is 1. The molecule has 7 nitrogen and oxygen atoms in total. The summed E-state index contributed by atoms with van der Waals surface area (Å²) in [4.78, 5) is 13.2. The second-order valence-electron chi connectivity index (χ2n) is 6.52. The van der Waals surface area contributed by atoms with Crippen molar-refractivity contribution in [3.63, 3.8) is 0 Å². The topological polar surface area (TPSA) is 101 Å². The van der Waals surface area contributed by atoms with Gasteiger partial charge in [-0.25, -0.2) is 19.6 Å². The zero-order valence-electron chi connectivity index (χ0n) is 16.0. The highest BCUT2D eigenvalue weighted by Gasteiger charge is 2.16. The molecule has 0 unspecified atom stereocenters. The molecule has 0 bridgehead atoms. The van der Waals surface area contributed by atoms with Gasteiger partial charge in [0.15, 0.2) is 5.65 Å². The molecular weight excluding hydrogens is 428 g/mol. The van der Waals surface area contributed by atoms with Crippen LogP contribution in [0.25, 0.3) is 32.5 Å². The molecule has 0 amide bonds. The van der Waals surface area contributed by atoms with Gasteiger partial charge in [-0.3, -0.25) is 0 Å². The maximum absolute atomic E-state index is 10.6. The first-order valence-corrected chi connectivity index (χ1v) is 11.1. The minimum Gasteiger partial charge on any atom is -0.510 e. The third-order valence-electron chi connectivity index (χ3n) is 4.58. The Morgan fingerprint density at radius 3 is 2.71 bits per heavy atom. The lowest BCUT2D eigenvalue weighted by molar-refractivity contribution is 0.421. The number of hydrogen-bond donors (Lipinski definition) is 1. The van der Waals surface area contributed by atoms with Crippen LogP contribution in [-0.2, 0) is 0 Å². The summed E-state index contributed by atoms with van der Waals surface area (Å²) in [6, 6.07) is 19.5. The van der Waals surface area contributed by atoms with Gasteiger partial charge in [0.05, 0.1) is 33.2 Å². The van der Waals surface area contributed by atoms with Crippen LogP contribution in [0.1, 0.15) is 5.01 Å². The Kier molecular flexibility index (Phi) is 5.08. The van der Waals surface area contributed by atoms with E-state index in [-0.39, 0.29) is 17.1 Å².